The zero-order chi connectivity index (χ0) is 12.3. The van der Waals surface area contributed by atoms with Gasteiger partial charge in [0.1, 0.15) is 11.5 Å². The van der Waals surface area contributed by atoms with Crippen molar-refractivity contribution in [3.8, 4) is 0 Å². The Morgan fingerprint density at radius 2 is 2.41 bits per heavy atom. The van der Waals surface area contributed by atoms with Crippen molar-refractivity contribution in [2.45, 2.75) is 12.2 Å². The van der Waals surface area contributed by atoms with Crippen LogP contribution >= 0.6 is 11.8 Å². The fraction of sp³-hybridized carbons (Fsp3) is 0.500. The molecule has 3 N–H and O–H groups in total. The van der Waals surface area contributed by atoms with Crippen LogP contribution in [0.15, 0.2) is 17.5 Å². The molecule has 0 saturated carbocycles. The van der Waals surface area contributed by atoms with Crippen LogP contribution in [0.5, 0.6) is 0 Å². The molecule has 1 unspecified atom stereocenters. The average Bonchev–Trinajstić information content (AvgIpc) is 2.38. The Labute approximate surface area is 104 Å². The van der Waals surface area contributed by atoms with Crippen molar-refractivity contribution in [2.75, 3.05) is 23.7 Å². The lowest BCUT2D eigenvalue weighted by atomic mass is 10.3. The lowest BCUT2D eigenvalue weighted by Gasteiger charge is -2.31. The lowest BCUT2D eigenvalue weighted by Crippen LogP contribution is -2.37. The molecule has 0 spiro atoms. The second kappa shape index (κ2) is 5.22. The number of aromatic nitrogens is 2. The van der Waals surface area contributed by atoms with Gasteiger partial charge in [0.25, 0.3) is 0 Å². The van der Waals surface area contributed by atoms with Gasteiger partial charge in [-0.1, -0.05) is 12.1 Å². The van der Waals surface area contributed by atoms with Crippen LogP contribution < -0.4 is 10.6 Å². The largest absolute Gasteiger partial charge is 0.409 e. The van der Waals surface area contributed by atoms with E-state index >= 15 is 0 Å². The number of rotatable bonds is 2. The van der Waals surface area contributed by atoms with Crippen LogP contribution in [0.4, 0.5) is 5.82 Å². The summed E-state index contributed by atoms with van der Waals surface area (Å²) >= 11 is 1.97. The van der Waals surface area contributed by atoms with Gasteiger partial charge in [0, 0.05) is 24.1 Å². The first kappa shape index (κ1) is 12.0. The summed E-state index contributed by atoms with van der Waals surface area (Å²) < 4.78 is 0. The maximum absolute atomic E-state index is 8.52. The third kappa shape index (κ3) is 2.79. The van der Waals surface area contributed by atoms with Crippen LogP contribution in [0.25, 0.3) is 0 Å². The molecule has 6 nitrogen and oxygen atoms in total. The Balaban J connectivity index is 2.12. The Morgan fingerprint density at radius 3 is 3.00 bits per heavy atom. The van der Waals surface area contributed by atoms with Gasteiger partial charge in [0.15, 0.2) is 5.84 Å². The Bertz CT molecular complexity index is 408. The van der Waals surface area contributed by atoms with Crippen LogP contribution in [0.3, 0.4) is 0 Å². The minimum atomic E-state index is -0.0217. The number of hydrogen-bond acceptors (Lipinski definition) is 6. The quantitative estimate of drug-likeness (QED) is 0.346. The molecule has 1 aromatic heterocycles. The van der Waals surface area contributed by atoms with Crippen molar-refractivity contribution in [2.24, 2.45) is 10.9 Å². The van der Waals surface area contributed by atoms with Gasteiger partial charge in [-0.15, -0.1) is 0 Å². The monoisotopic (exact) mass is 253 g/mol. The Kier molecular flexibility index (Phi) is 3.68. The van der Waals surface area contributed by atoms with Crippen molar-refractivity contribution in [3.63, 3.8) is 0 Å². The molecule has 0 aromatic carbocycles. The van der Waals surface area contributed by atoms with Crippen LogP contribution in [0.2, 0.25) is 0 Å². The summed E-state index contributed by atoms with van der Waals surface area (Å²) in [5.41, 5.74) is 5.81. The normalized spacial score (nSPS) is 21.6. The van der Waals surface area contributed by atoms with Crippen LogP contribution in [-0.4, -0.2) is 45.1 Å². The highest BCUT2D eigenvalue weighted by atomic mass is 32.2. The molecule has 0 radical (unpaired) electrons. The van der Waals surface area contributed by atoms with Crippen molar-refractivity contribution >= 4 is 23.4 Å². The molecule has 1 saturated heterocycles. The maximum Gasteiger partial charge on any atom is 0.190 e. The van der Waals surface area contributed by atoms with Crippen molar-refractivity contribution in [3.05, 3.63) is 18.1 Å². The molecule has 17 heavy (non-hydrogen) atoms. The fourth-order valence-electron chi connectivity index (χ4n) is 1.69. The van der Waals surface area contributed by atoms with Gasteiger partial charge >= 0.3 is 0 Å². The average molecular weight is 253 g/mol. The number of amidine groups is 1. The minimum absolute atomic E-state index is 0.0217. The lowest BCUT2D eigenvalue weighted by molar-refractivity contribution is 0.318. The number of anilines is 1. The maximum atomic E-state index is 8.52. The summed E-state index contributed by atoms with van der Waals surface area (Å²) in [6.45, 7) is 4.16. The van der Waals surface area contributed by atoms with E-state index < -0.39 is 0 Å². The molecule has 1 fully saturated rings. The SMILES string of the molecule is CC1CN(c2cnc(C(N)=NO)cn2)CCS1. The highest BCUT2D eigenvalue weighted by Crippen LogP contribution is 2.21. The zero-order valence-electron chi connectivity index (χ0n) is 9.58. The summed E-state index contributed by atoms with van der Waals surface area (Å²) in [4.78, 5) is 10.6. The fourth-order valence-corrected chi connectivity index (χ4v) is 2.71. The predicted octanol–water partition coefficient (Wildman–Crippen LogP) is 0.513. The number of nitrogens with zero attached hydrogens (tertiary/aromatic N) is 4. The van der Waals surface area contributed by atoms with Gasteiger partial charge in [-0.2, -0.15) is 11.8 Å². The summed E-state index contributed by atoms with van der Waals surface area (Å²) in [5.74, 6) is 1.92. The van der Waals surface area contributed by atoms with E-state index in [0.29, 0.717) is 10.9 Å². The molecule has 1 atom stereocenters. The van der Waals surface area contributed by atoms with E-state index in [-0.39, 0.29) is 5.84 Å². The number of nitrogens with two attached hydrogens (primary N) is 1. The van der Waals surface area contributed by atoms with Crippen molar-refractivity contribution in [1.29, 1.82) is 0 Å². The minimum Gasteiger partial charge on any atom is -0.409 e. The van der Waals surface area contributed by atoms with E-state index in [4.69, 9.17) is 10.9 Å². The van der Waals surface area contributed by atoms with Crippen molar-refractivity contribution < 1.29 is 5.21 Å². The van der Waals surface area contributed by atoms with Crippen LogP contribution in [-0.2, 0) is 0 Å². The van der Waals surface area contributed by atoms with Gasteiger partial charge in [-0.05, 0) is 0 Å². The first-order valence-corrected chi connectivity index (χ1v) is 6.42. The highest BCUT2D eigenvalue weighted by Gasteiger charge is 2.18. The molecule has 1 aromatic rings. The zero-order valence-corrected chi connectivity index (χ0v) is 10.4. The Morgan fingerprint density at radius 1 is 1.59 bits per heavy atom. The third-order valence-electron chi connectivity index (χ3n) is 2.57. The number of thioether (sulfide) groups is 1. The Hall–Kier alpha value is -1.50. The molecule has 7 heteroatoms. The molecule has 0 bridgehead atoms. The second-order valence-electron chi connectivity index (χ2n) is 3.87. The van der Waals surface area contributed by atoms with E-state index in [9.17, 15) is 0 Å². The second-order valence-corrected chi connectivity index (χ2v) is 5.42. The summed E-state index contributed by atoms with van der Waals surface area (Å²) in [6.07, 6.45) is 3.19. The molecule has 0 amide bonds. The summed E-state index contributed by atoms with van der Waals surface area (Å²) in [6, 6.07) is 0. The topological polar surface area (TPSA) is 87.6 Å². The smallest absolute Gasteiger partial charge is 0.190 e. The third-order valence-corrected chi connectivity index (χ3v) is 3.71. The van der Waals surface area contributed by atoms with Gasteiger partial charge in [0.2, 0.25) is 0 Å². The highest BCUT2D eigenvalue weighted by molar-refractivity contribution is 8.00. The summed E-state index contributed by atoms with van der Waals surface area (Å²) in [5, 5.41) is 12.0. The van der Waals surface area contributed by atoms with E-state index in [1.165, 1.54) is 6.20 Å². The first-order chi connectivity index (χ1) is 8.20. The molecule has 92 valence electrons. The van der Waals surface area contributed by atoms with Crippen molar-refractivity contribution in [1.82, 2.24) is 9.97 Å². The van der Waals surface area contributed by atoms with E-state index in [1.54, 1.807) is 6.20 Å². The predicted molar refractivity (Wildman–Crippen MR) is 68.7 cm³/mol. The molecule has 2 rings (SSSR count). The molecule has 2 heterocycles. The number of hydrogen-bond donors (Lipinski definition) is 2. The van der Waals surface area contributed by atoms with Gasteiger partial charge in [0.05, 0.1) is 12.4 Å². The molecule has 0 aliphatic carbocycles. The standard InChI is InChI=1S/C10H15N5OS/c1-7-6-15(2-3-17-7)9-5-12-8(4-13-9)10(11)14-16/h4-5,7,16H,2-3,6H2,1H3,(H2,11,14). The van der Waals surface area contributed by atoms with E-state index in [1.807, 2.05) is 11.8 Å². The number of oxime groups is 1. The molecular formula is C10H15N5OS. The van der Waals surface area contributed by atoms with Gasteiger partial charge in [-0.3, -0.25) is 0 Å². The molecule has 1 aliphatic rings. The van der Waals surface area contributed by atoms with E-state index in [2.05, 4.69) is 26.9 Å². The van der Waals surface area contributed by atoms with Gasteiger partial charge in [-0.25, -0.2) is 9.97 Å². The van der Waals surface area contributed by atoms with Crippen LogP contribution in [0, 0.1) is 0 Å². The van der Waals surface area contributed by atoms with Gasteiger partial charge < -0.3 is 15.8 Å². The summed E-state index contributed by atoms with van der Waals surface area (Å²) in [7, 11) is 0. The molecule has 1 aliphatic heterocycles. The first-order valence-electron chi connectivity index (χ1n) is 5.37. The van der Waals surface area contributed by atoms with E-state index in [0.717, 1.165) is 24.7 Å². The van der Waals surface area contributed by atoms with Crippen LogP contribution in [0.1, 0.15) is 12.6 Å². The molecular weight excluding hydrogens is 238 g/mol.